The van der Waals surface area contributed by atoms with Gasteiger partial charge in [-0.2, -0.15) is 0 Å². The highest BCUT2D eigenvalue weighted by molar-refractivity contribution is 6.42. The minimum atomic E-state index is -0.131. The molecule has 2 N–H and O–H groups in total. The van der Waals surface area contributed by atoms with E-state index in [0.717, 1.165) is 11.1 Å². The number of nitrogens with zero attached hydrogens (tertiary/aromatic N) is 2. The zero-order chi connectivity index (χ0) is 24.7. The number of benzene rings is 2. The Hall–Kier alpha value is -2.60. The van der Waals surface area contributed by atoms with Crippen LogP contribution in [0, 0.1) is 0 Å². The predicted molar refractivity (Wildman–Crippen MR) is 140 cm³/mol. The van der Waals surface area contributed by atoms with Crippen molar-refractivity contribution >= 4 is 34.9 Å². The summed E-state index contributed by atoms with van der Waals surface area (Å²) in [6, 6.07) is 17.4. The van der Waals surface area contributed by atoms with E-state index in [9.17, 15) is 9.90 Å². The number of halogens is 2. The molecule has 0 saturated heterocycles. The highest BCUT2D eigenvalue weighted by Crippen LogP contribution is 2.25. The standard InChI is InChI=1S/C27H31Cl2N3O2/c1-27(2,3)21-9-6-20(7-10-21)18-32(15-12-19-8-11-23(28)24(29)17-19)26(34)22-5-4-13-30-25(22)31-14-16-33/h4-11,13,17,33H,12,14-16,18H2,1-3H3,(H,30,31). The Balaban J connectivity index is 1.86. The molecule has 1 heterocycles. The molecule has 0 radical (unpaired) electrons. The van der Waals surface area contributed by atoms with Crippen LogP contribution in [0.1, 0.15) is 47.8 Å². The van der Waals surface area contributed by atoms with Crippen LogP contribution in [-0.2, 0) is 18.4 Å². The first-order chi connectivity index (χ1) is 16.2. The topological polar surface area (TPSA) is 65.5 Å². The molecule has 180 valence electrons. The number of aliphatic hydroxyl groups excluding tert-OH is 1. The molecule has 0 aliphatic rings. The zero-order valence-corrected chi connectivity index (χ0v) is 21.3. The molecule has 2 aromatic carbocycles. The second-order valence-corrected chi connectivity index (χ2v) is 10.0. The van der Waals surface area contributed by atoms with Crippen molar-refractivity contribution in [3.05, 3.63) is 93.1 Å². The smallest absolute Gasteiger partial charge is 0.257 e. The van der Waals surface area contributed by atoms with E-state index in [1.165, 1.54) is 5.56 Å². The van der Waals surface area contributed by atoms with E-state index in [4.69, 9.17) is 23.2 Å². The summed E-state index contributed by atoms with van der Waals surface area (Å²) in [5, 5.41) is 13.2. The van der Waals surface area contributed by atoms with Gasteiger partial charge in [0.1, 0.15) is 5.82 Å². The van der Waals surface area contributed by atoms with Gasteiger partial charge < -0.3 is 15.3 Å². The maximum absolute atomic E-state index is 13.6. The third kappa shape index (κ3) is 6.95. The molecule has 3 rings (SSSR count). The molecule has 7 heteroatoms. The van der Waals surface area contributed by atoms with Crippen molar-refractivity contribution in [3.8, 4) is 0 Å². The van der Waals surface area contributed by atoms with Gasteiger partial charge in [-0.25, -0.2) is 4.98 Å². The summed E-state index contributed by atoms with van der Waals surface area (Å²) in [4.78, 5) is 19.8. The van der Waals surface area contributed by atoms with Crippen molar-refractivity contribution in [2.75, 3.05) is 25.0 Å². The van der Waals surface area contributed by atoms with Crippen LogP contribution in [0.5, 0.6) is 0 Å². The fourth-order valence-corrected chi connectivity index (χ4v) is 3.93. The van der Waals surface area contributed by atoms with E-state index in [2.05, 4.69) is 55.3 Å². The first kappa shape index (κ1) is 26.0. The first-order valence-corrected chi connectivity index (χ1v) is 12.1. The lowest BCUT2D eigenvalue weighted by atomic mass is 9.87. The van der Waals surface area contributed by atoms with Gasteiger partial charge in [-0.3, -0.25) is 4.79 Å². The van der Waals surface area contributed by atoms with Gasteiger partial charge in [-0.15, -0.1) is 0 Å². The second kappa shape index (κ2) is 11.7. The molecule has 0 aliphatic heterocycles. The number of nitrogens with one attached hydrogen (secondary N) is 1. The van der Waals surface area contributed by atoms with Crippen LogP contribution >= 0.6 is 23.2 Å². The van der Waals surface area contributed by atoms with Gasteiger partial charge in [0.25, 0.3) is 5.91 Å². The normalized spacial score (nSPS) is 11.4. The van der Waals surface area contributed by atoms with E-state index in [-0.39, 0.29) is 17.9 Å². The van der Waals surface area contributed by atoms with Crippen LogP contribution in [0.3, 0.4) is 0 Å². The third-order valence-electron chi connectivity index (χ3n) is 5.58. The molecule has 0 bridgehead atoms. The third-order valence-corrected chi connectivity index (χ3v) is 6.32. The van der Waals surface area contributed by atoms with E-state index in [1.54, 1.807) is 24.4 Å². The quantitative estimate of drug-likeness (QED) is 0.380. The average molecular weight is 500 g/mol. The van der Waals surface area contributed by atoms with Crippen molar-refractivity contribution in [2.45, 2.75) is 39.2 Å². The summed E-state index contributed by atoms with van der Waals surface area (Å²) in [6.45, 7) is 7.75. The zero-order valence-electron chi connectivity index (χ0n) is 19.8. The van der Waals surface area contributed by atoms with Crippen molar-refractivity contribution in [2.24, 2.45) is 0 Å². The highest BCUT2D eigenvalue weighted by atomic mass is 35.5. The average Bonchev–Trinajstić information content (AvgIpc) is 2.82. The molecule has 0 aliphatic carbocycles. The molecule has 5 nitrogen and oxygen atoms in total. The Morgan fingerprint density at radius 3 is 2.38 bits per heavy atom. The summed E-state index contributed by atoms with van der Waals surface area (Å²) < 4.78 is 0. The van der Waals surface area contributed by atoms with Gasteiger partial charge in [0, 0.05) is 25.8 Å². The van der Waals surface area contributed by atoms with Gasteiger partial charge in [-0.05, 0) is 52.8 Å². The maximum atomic E-state index is 13.6. The lowest BCUT2D eigenvalue weighted by molar-refractivity contribution is 0.0745. The molecule has 0 fully saturated rings. The number of amides is 1. The largest absolute Gasteiger partial charge is 0.395 e. The van der Waals surface area contributed by atoms with E-state index in [1.807, 2.05) is 17.0 Å². The lowest BCUT2D eigenvalue weighted by Gasteiger charge is -2.25. The minimum Gasteiger partial charge on any atom is -0.395 e. The number of hydrogen-bond donors (Lipinski definition) is 2. The summed E-state index contributed by atoms with van der Waals surface area (Å²) in [5.74, 6) is 0.331. The van der Waals surface area contributed by atoms with Crippen LogP contribution in [0.2, 0.25) is 10.0 Å². The number of aromatic nitrogens is 1. The fourth-order valence-electron chi connectivity index (χ4n) is 3.61. The minimum absolute atomic E-state index is 0.0502. The molecule has 1 amide bonds. The van der Waals surface area contributed by atoms with Crippen molar-refractivity contribution in [1.29, 1.82) is 0 Å². The molecule has 34 heavy (non-hydrogen) atoms. The van der Waals surface area contributed by atoms with E-state index < -0.39 is 0 Å². The van der Waals surface area contributed by atoms with Crippen LogP contribution in [-0.4, -0.2) is 40.6 Å². The SMILES string of the molecule is CC(C)(C)c1ccc(CN(CCc2ccc(Cl)c(Cl)c2)C(=O)c2cccnc2NCCO)cc1. The molecule has 0 unspecified atom stereocenters. The predicted octanol–water partition coefficient (Wildman–Crippen LogP) is 5.98. The number of rotatable bonds is 9. The number of anilines is 1. The second-order valence-electron chi connectivity index (χ2n) is 9.22. The lowest BCUT2D eigenvalue weighted by Crippen LogP contribution is -2.33. The van der Waals surface area contributed by atoms with E-state index in [0.29, 0.717) is 47.5 Å². The van der Waals surface area contributed by atoms with Crippen LogP contribution in [0.15, 0.2) is 60.8 Å². The number of carbonyl (C=O) groups is 1. The van der Waals surface area contributed by atoms with Crippen molar-refractivity contribution in [1.82, 2.24) is 9.88 Å². The van der Waals surface area contributed by atoms with Crippen LogP contribution in [0.4, 0.5) is 5.82 Å². The van der Waals surface area contributed by atoms with Gasteiger partial charge in [0.15, 0.2) is 0 Å². The summed E-state index contributed by atoms with van der Waals surface area (Å²) >= 11 is 12.2. The van der Waals surface area contributed by atoms with Crippen LogP contribution < -0.4 is 5.32 Å². The maximum Gasteiger partial charge on any atom is 0.257 e. The van der Waals surface area contributed by atoms with Gasteiger partial charge in [0.2, 0.25) is 0 Å². The Kier molecular flexibility index (Phi) is 8.95. The summed E-state index contributed by atoms with van der Waals surface area (Å²) in [7, 11) is 0. The van der Waals surface area contributed by atoms with E-state index >= 15 is 0 Å². The molecular formula is C27H31Cl2N3O2. The molecule has 0 spiro atoms. The summed E-state index contributed by atoms with van der Waals surface area (Å²) in [5.41, 5.74) is 3.82. The molecule has 0 atom stereocenters. The molecular weight excluding hydrogens is 469 g/mol. The highest BCUT2D eigenvalue weighted by Gasteiger charge is 2.21. The Morgan fingerprint density at radius 2 is 1.74 bits per heavy atom. The van der Waals surface area contributed by atoms with Gasteiger partial charge >= 0.3 is 0 Å². The molecule has 3 aromatic rings. The summed E-state index contributed by atoms with van der Waals surface area (Å²) in [6.07, 6.45) is 2.25. The molecule has 0 saturated carbocycles. The van der Waals surface area contributed by atoms with Crippen molar-refractivity contribution < 1.29 is 9.90 Å². The number of aliphatic hydroxyl groups is 1. The Bertz CT molecular complexity index is 1110. The monoisotopic (exact) mass is 499 g/mol. The number of hydrogen-bond acceptors (Lipinski definition) is 4. The Morgan fingerprint density at radius 1 is 1.03 bits per heavy atom. The van der Waals surface area contributed by atoms with Gasteiger partial charge in [0.05, 0.1) is 22.2 Å². The molecule has 1 aromatic heterocycles. The van der Waals surface area contributed by atoms with Crippen LogP contribution in [0.25, 0.3) is 0 Å². The number of carbonyl (C=O) groups excluding carboxylic acids is 1. The van der Waals surface area contributed by atoms with Crippen molar-refractivity contribution in [3.63, 3.8) is 0 Å². The number of pyridine rings is 1. The fraction of sp³-hybridized carbons (Fsp3) is 0.333. The first-order valence-electron chi connectivity index (χ1n) is 11.3. The Labute approximate surface area is 211 Å². The van der Waals surface area contributed by atoms with Gasteiger partial charge in [-0.1, -0.05) is 74.3 Å².